The van der Waals surface area contributed by atoms with Crippen molar-refractivity contribution in [2.75, 3.05) is 79.8 Å². The normalized spacial score (nSPS) is 13.6. The number of rotatable bonds is 48. The van der Waals surface area contributed by atoms with E-state index >= 15 is 0 Å². The molecule has 0 aliphatic carbocycles. The van der Waals surface area contributed by atoms with Crippen LogP contribution in [-0.2, 0) is 27.2 Å². The van der Waals surface area contributed by atoms with Gasteiger partial charge in [-0.25, -0.2) is 0 Å². The largest absolute Gasteiger partial charge is 0.756 e. The monoisotopic (exact) mass is 875 g/mol. The van der Waals surface area contributed by atoms with Gasteiger partial charge in [0.2, 0.25) is 0 Å². The maximum Gasteiger partial charge on any atom is 0.267 e. The highest BCUT2D eigenvalue weighted by atomic mass is 31.2. The average Bonchev–Trinajstić information content (AvgIpc) is 3.22. The Morgan fingerprint density at radius 2 is 0.534 bits per heavy atom. The van der Waals surface area contributed by atoms with E-state index in [9.17, 15) is 18.9 Å². The molecule has 0 radical (unpaired) electrons. The Morgan fingerprint density at radius 3 is 0.776 bits per heavy atom. The number of quaternary nitrogens is 4. The van der Waals surface area contributed by atoms with Crippen LogP contribution in [0.4, 0.5) is 0 Å². The van der Waals surface area contributed by atoms with Gasteiger partial charge in [0.15, 0.2) is 0 Å². The van der Waals surface area contributed by atoms with Crippen LogP contribution in [0.1, 0.15) is 206 Å². The second kappa shape index (κ2) is 49.7. The maximum atomic E-state index is 11.0. The topological polar surface area (TPSA) is 184 Å². The Balaban J connectivity index is 0. The van der Waals surface area contributed by atoms with Gasteiger partial charge in [0.05, 0.1) is 65.6 Å². The zero-order chi connectivity index (χ0) is 42.9. The van der Waals surface area contributed by atoms with E-state index in [1.807, 2.05) is 0 Å². The summed E-state index contributed by atoms with van der Waals surface area (Å²) in [5.74, 6) is 0. The molecule has 0 heterocycles. The molecule has 0 aromatic heterocycles. The molecule has 0 aromatic carbocycles. The zero-order valence-corrected chi connectivity index (χ0v) is 40.5. The Hall–Kier alpha value is 0.0600. The minimum Gasteiger partial charge on any atom is -0.756 e. The molecular weight excluding hydrogens is 774 g/mol. The molecule has 352 valence electrons. The minimum absolute atomic E-state index is 0.218. The third-order valence-electron chi connectivity index (χ3n) is 10.7. The first-order valence-electron chi connectivity index (χ1n) is 24.5. The van der Waals surface area contributed by atoms with Crippen LogP contribution < -0.4 is 31.1 Å². The quantitative estimate of drug-likeness (QED) is 0.0410. The van der Waals surface area contributed by atoms with Gasteiger partial charge in [-0.3, -0.25) is 9.13 Å². The molecule has 2 unspecified atom stereocenters. The van der Waals surface area contributed by atoms with Gasteiger partial charge < -0.3 is 49.1 Å². The summed E-state index contributed by atoms with van der Waals surface area (Å²) in [6, 6.07) is 0. The molecule has 14 heteroatoms. The maximum absolute atomic E-state index is 11.0. The van der Waals surface area contributed by atoms with Gasteiger partial charge in [-0.2, -0.15) is 0 Å². The lowest BCUT2D eigenvalue weighted by Crippen LogP contribution is -2.88. The van der Waals surface area contributed by atoms with E-state index in [0.717, 1.165) is 66.1 Å². The van der Waals surface area contributed by atoms with E-state index in [0.29, 0.717) is 0 Å². The molecule has 0 amide bonds. The van der Waals surface area contributed by atoms with Crippen LogP contribution in [0.3, 0.4) is 0 Å². The van der Waals surface area contributed by atoms with Crippen molar-refractivity contribution < 1.29 is 58.3 Å². The third kappa shape index (κ3) is 54.1. The number of phosphoric ester groups is 2. The number of nitrogens with two attached hydrogens (primary N) is 4. The van der Waals surface area contributed by atoms with E-state index in [-0.39, 0.29) is 13.2 Å². The molecule has 0 aliphatic heterocycles. The van der Waals surface area contributed by atoms with Crippen LogP contribution in [-0.4, -0.2) is 79.8 Å². The summed E-state index contributed by atoms with van der Waals surface area (Å²) in [6.07, 6.45) is 39.8. The lowest BCUT2D eigenvalue weighted by atomic mass is 10.1. The molecule has 0 saturated carbocycles. The highest BCUT2D eigenvalue weighted by Crippen LogP contribution is 2.37. The summed E-state index contributed by atoms with van der Waals surface area (Å²) in [5.41, 5.74) is 0. The minimum atomic E-state index is -4.03. The van der Waals surface area contributed by atoms with Gasteiger partial charge in [-0.15, -0.1) is 0 Å². The predicted octanol–water partition coefficient (Wildman–Crippen LogP) is 6.23. The summed E-state index contributed by atoms with van der Waals surface area (Å²) in [4.78, 5) is 22.0. The summed E-state index contributed by atoms with van der Waals surface area (Å²) < 4.78 is 39.8. The molecule has 0 aliphatic rings. The van der Waals surface area contributed by atoms with Crippen LogP contribution in [0, 0.1) is 0 Å². The Kier molecular flexibility index (Phi) is 51.6. The molecular formula is C44H100N4O8P2+2. The fraction of sp³-hybridized carbons (Fsp3) is 1.00. The third-order valence-corrected chi connectivity index (χ3v) is 12.6. The van der Waals surface area contributed by atoms with Crippen LogP contribution in [0.5, 0.6) is 0 Å². The lowest BCUT2D eigenvalue weighted by molar-refractivity contribution is -0.681. The molecule has 0 saturated heterocycles. The van der Waals surface area contributed by atoms with Crippen molar-refractivity contribution in [1.29, 1.82) is 0 Å². The SMILES string of the molecule is CCCCCCCCCCCCCC[NH2+]CCC[NH2+]CCCCOP(=O)([O-])OC.CCCCCCCCCCCCCC[NH2+]CCC[NH2+]CCCCOP(=O)([O-])OC. The second-order valence-electron chi connectivity index (χ2n) is 16.3. The Bertz CT molecular complexity index is 813. The van der Waals surface area contributed by atoms with Crippen LogP contribution in [0.2, 0.25) is 0 Å². The molecule has 0 fully saturated rings. The van der Waals surface area contributed by atoms with Crippen LogP contribution >= 0.6 is 15.6 Å². The van der Waals surface area contributed by atoms with Gasteiger partial charge in [-0.05, 0) is 51.4 Å². The smallest absolute Gasteiger partial charge is 0.267 e. The summed E-state index contributed by atoms with van der Waals surface area (Å²) in [7, 11) is -5.82. The first kappa shape index (κ1) is 60.1. The molecule has 0 spiro atoms. The number of hydrogen-bond acceptors (Lipinski definition) is 8. The molecule has 0 bridgehead atoms. The van der Waals surface area contributed by atoms with Gasteiger partial charge in [0.1, 0.15) is 0 Å². The number of unbranched alkanes of at least 4 members (excludes halogenated alkanes) is 24. The summed E-state index contributed by atoms with van der Waals surface area (Å²) in [5, 5.41) is 9.53. The predicted molar refractivity (Wildman–Crippen MR) is 238 cm³/mol. The van der Waals surface area contributed by atoms with Gasteiger partial charge >= 0.3 is 0 Å². The molecule has 2 atom stereocenters. The van der Waals surface area contributed by atoms with Crippen molar-refractivity contribution in [3.05, 3.63) is 0 Å². The van der Waals surface area contributed by atoms with E-state index in [4.69, 9.17) is 0 Å². The van der Waals surface area contributed by atoms with E-state index in [1.165, 1.54) is 193 Å². The first-order valence-corrected chi connectivity index (χ1v) is 27.5. The lowest BCUT2D eigenvalue weighted by Gasteiger charge is -2.19. The van der Waals surface area contributed by atoms with Crippen molar-refractivity contribution in [2.24, 2.45) is 0 Å². The van der Waals surface area contributed by atoms with Crippen LogP contribution in [0.25, 0.3) is 0 Å². The summed E-state index contributed by atoms with van der Waals surface area (Å²) >= 11 is 0. The molecule has 8 N–H and O–H groups in total. The average molecular weight is 875 g/mol. The standard InChI is InChI=1S/2C22H49N2O4P/c2*1-3-4-5-6-7-8-9-10-11-12-13-14-18-23-20-17-21-24-19-15-16-22-28-29(25,26)27-2/h2*23-24H,3-22H2,1-2H3,(H,25,26)/p+2. The molecule has 0 rings (SSSR count). The fourth-order valence-corrected chi connectivity index (χ4v) is 7.81. The van der Waals surface area contributed by atoms with Crippen molar-refractivity contribution in [1.82, 2.24) is 0 Å². The van der Waals surface area contributed by atoms with Crippen molar-refractivity contribution >= 4 is 15.6 Å². The number of hydrogen-bond donors (Lipinski definition) is 4. The van der Waals surface area contributed by atoms with Gasteiger partial charge in [-0.1, -0.05) is 142 Å². The Labute approximate surface area is 359 Å². The number of phosphoric acid groups is 2. The highest BCUT2D eigenvalue weighted by Gasteiger charge is 2.06. The zero-order valence-electron chi connectivity index (χ0n) is 38.8. The van der Waals surface area contributed by atoms with Crippen molar-refractivity contribution in [2.45, 2.75) is 206 Å². The highest BCUT2D eigenvalue weighted by molar-refractivity contribution is 7.46. The summed E-state index contributed by atoms with van der Waals surface area (Å²) in [6.45, 7) is 14.3. The van der Waals surface area contributed by atoms with Crippen molar-refractivity contribution in [3.63, 3.8) is 0 Å². The van der Waals surface area contributed by atoms with E-state index in [2.05, 4.69) is 53.2 Å². The van der Waals surface area contributed by atoms with Gasteiger partial charge in [0.25, 0.3) is 15.6 Å². The first-order chi connectivity index (χ1) is 28.2. The van der Waals surface area contributed by atoms with Crippen molar-refractivity contribution in [3.8, 4) is 0 Å². The van der Waals surface area contributed by atoms with E-state index < -0.39 is 15.6 Å². The van der Waals surface area contributed by atoms with Gasteiger partial charge in [0, 0.05) is 27.1 Å². The second-order valence-corrected chi connectivity index (χ2v) is 19.3. The fourth-order valence-electron chi connectivity index (χ4n) is 6.89. The Morgan fingerprint density at radius 1 is 0.328 bits per heavy atom. The molecule has 0 aromatic rings. The van der Waals surface area contributed by atoms with E-state index in [1.54, 1.807) is 0 Å². The molecule has 58 heavy (non-hydrogen) atoms. The molecule has 12 nitrogen and oxygen atoms in total. The van der Waals surface area contributed by atoms with Crippen LogP contribution in [0.15, 0.2) is 0 Å².